The first kappa shape index (κ1) is 18.5. The standard InChI is InChI=1S/C17H21F3N4O2/c1-10(2)13-6-12(22-26-13)16(25)23(3)7-11-4-5-15-21-14(17(18,19)20)9-24(15)8-11/h6,9-11H,4-5,7-8H2,1-3H3/t11-/m1/s1. The van der Waals surface area contributed by atoms with Crippen LogP contribution < -0.4 is 0 Å². The topological polar surface area (TPSA) is 64.2 Å². The predicted molar refractivity (Wildman–Crippen MR) is 86.6 cm³/mol. The van der Waals surface area contributed by atoms with E-state index in [0.717, 1.165) is 6.20 Å². The van der Waals surface area contributed by atoms with E-state index < -0.39 is 11.9 Å². The number of carbonyl (C=O) groups is 1. The number of nitrogens with zero attached hydrogens (tertiary/aromatic N) is 4. The zero-order valence-electron chi connectivity index (χ0n) is 14.9. The van der Waals surface area contributed by atoms with Crippen LogP contribution in [0, 0.1) is 5.92 Å². The van der Waals surface area contributed by atoms with Crippen molar-refractivity contribution in [2.24, 2.45) is 5.92 Å². The highest BCUT2D eigenvalue weighted by molar-refractivity contribution is 5.92. The fraction of sp³-hybridized carbons (Fsp3) is 0.588. The zero-order chi connectivity index (χ0) is 19.1. The molecule has 0 unspecified atom stereocenters. The molecule has 9 heteroatoms. The van der Waals surface area contributed by atoms with Gasteiger partial charge in [0.25, 0.3) is 5.91 Å². The summed E-state index contributed by atoms with van der Waals surface area (Å²) in [5.74, 6) is 1.02. The monoisotopic (exact) mass is 370 g/mol. The van der Waals surface area contributed by atoms with E-state index in [1.165, 1.54) is 0 Å². The minimum Gasteiger partial charge on any atom is -0.360 e. The SMILES string of the molecule is CC(C)c1cc(C(=O)N(C)C[C@H]2CCc3nc(C(F)(F)F)cn3C2)no1. The van der Waals surface area contributed by atoms with E-state index in [1.54, 1.807) is 22.6 Å². The summed E-state index contributed by atoms with van der Waals surface area (Å²) >= 11 is 0. The number of fused-ring (bicyclic) bond motifs is 1. The van der Waals surface area contributed by atoms with Gasteiger partial charge < -0.3 is 14.0 Å². The van der Waals surface area contributed by atoms with Crippen LogP contribution in [-0.2, 0) is 19.1 Å². The lowest BCUT2D eigenvalue weighted by Crippen LogP contribution is -2.35. The lowest BCUT2D eigenvalue weighted by molar-refractivity contribution is -0.141. The van der Waals surface area contributed by atoms with Gasteiger partial charge in [-0.2, -0.15) is 13.2 Å². The molecule has 2 aromatic rings. The number of aromatic nitrogens is 3. The van der Waals surface area contributed by atoms with Crippen LogP contribution in [0.15, 0.2) is 16.8 Å². The Hall–Kier alpha value is -2.32. The van der Waals surface area contributed by atoms with Crippen molar-refractivity contribution in [2.75, 3.05) is 13.6 Å². The van der Waals surface area contributed by atoms with Crippen molar-refractivity contribution in [1.29, 1.82) is 0 Å². The normalized spacial score (nSPS) is 17.4. The third kappa shape index (κ3) is 3.76. The highest BCUT2D eigenvalue weighted by atomic mass is 19.4. The Balaban J connectivity index is 1.64. The first-order chi connectivity index (χ1) is 12.1. The Bertz CT molecular complexity index is 794. The molecule has 142 valence electrons. The predicted octanol–water partition coefficient (Wildman–Crippen LogP) is 3.35. The smallest absolute Gasteiger partial charge is 0.360 e. The molecule has 0 saturated carbocycles. The molecule has 1 aliphatic rings. The maximum Gasteiger partial charge on any atom is 0.434 e. The van der Waals surface area contributed by atoms with Crippen molar-refractivity contribution in [1.82, 2.24) is 19.6 Å². The molecule has 0 radical (unpaired) electrons. The number of hydrogen-bond donors (Lipinski definition) is 0. The molecular weight excluding hydrogens is 349 g/mol. The van der Waals surface area contributed by atoms with E-state index in [-0.39, 0.29) is 23.4 Å². The van der Waals surface area contributed by atoms with E-state index in [2.05, 4.69) is 10.1 Å². The van der Waals surface area contributed by atoms with Crippen molar-refractivity contribution < 1.29 is 22.5 Å². The van der Waals surface area contributed by atoms with Crippen LogP contribution in [0.2, 0.25) is 0 Å². The molecule has 3 rings (SSSR count). The lowest BCUT2D eigenvalue weighted by Gasteiger charge is -2.27. The molecule has 0 N–H and O–H groups in total. The molecule has 1 aliphatic heterocycles. The largest absolute Gasteiger partial charge is 0.434 e. The molecule has 0 spiro atoms. The molecule has 0 fully saturated rings. The van der Waals surface area contributed by atoms with Gasteiger partial charge in [0.2, 0.25) is 0 Å². The molecule has 0 aromatic carbocycles. The van der Waals surface area contributed by atoms with Crippen molar-refractivity contribution in [3.63, 3.8) is 0 Å². The number of rotatable bonds is 4. The number of alkyl halides is 3. The van der Waals surface area contributed by atoms with Crippen LogP contribution in [0.3, 0.4) is 0 Å². The van der Waals surface area contributed by atoms with Gasteiger partial charge in [-0.1, -0.05) is 19.0 Å². The van der Waals surface area contributed by atoms with E-state index in [9.17, 15) is 18.0 Å². The summed E-state index contributed by atoms with van der Waals surface area (Å²) in [6.45, 7) is 4.73. The molecule has 1 atom stereocenters. The maximum atomic E-state index is 12.8. The van der Waals surface area contributed by atoms with Gasteiger partial charge in [-0.15, -0.1) is 0 Å². The van der Waals surface area contributed by atoms with Crippen LogP contribution in [0.25, 0.3) is 0 Å². The van der Waals surface area contributed by atoms with E-state index in [1.807, 2.05) is 13.8 Å². The van der Waals surface area contributed by atoms with Crippen molar-refractivity contribution in [3.8, 4) is 0 Å². The molecule has 0 bridgehead atoms. The summed E-state index contributed by atoms with van der Waals surface area (Å²) in [5.41, 5.74) is -0.615. The molecule has 2 aromatic heterocycles. The van der Waals surface area contributed by atoms with Gasteiger partial charge in [-0.05, 0) is 12.3 Å². The van der Waals surface area contributed by atoms with E-state index in [4.69, 9.17) is 4.52 Å². The summed E-state index contributed by atoms with van der Waals surface area (Å²) < 4.78 is 45.1. The molecular formula is C17H21F3N4O2. The van der Waals surface area contributed by atoms with Crippen molar-refractivity contribution in [2.45, 2.75) is 45.3 Å². The highest BCUT2D eigenvalue weighted by Gasteiger charge is 2.36. The number of carbonyl (C=O) groups excluding carboxylic acids is 1. The van der Waals surface area contributed by atoms with Crippen LogP contribution in [0.5, 0.6) is 0 Å². The molecule has 26 heavy (non-hydrogen) atoms. The minimum absolute atomic E-state index is 0.0585. The first-order valence-corrected chi connectivity index (χ1v) is 8.50. The second kappa shape index (κ2) is 6.77. The van der Waals surface area contributed by atoms with E-state index in [0.29, 0.717) is 37.5 Å². The molecule has 3 heterocycles. The Morgan fingerprint density at radius 1 is 1.46 bits per heavy atom. The summed E-state index contributed by atoms with van der Waals surface area (Å²) in [7, 11) is 1.66. The van der Waals surface area contributed by atoms with Gasteiger partial charge in [-0.3, -0.25) is 4.79 Å². The van der Waals surface area contributed by atoms with Crippen LogP contribution in [0.1, 0.15) is 54.0 Å². The highest BCUT2D eigenvalue weighted by Crippen LogP contribution is 2.31. The van der Waals surface area contributed by atoms with Gasteiger partial charge >= 0.3 is 6.18 Å². The first-order valence-electron chi connectivity index (χ1n) is 8.50. The third-order valence-corrected chi connectivity index (χ3v) is 4.58. The van der Waals surface area contributed by atoms with Crippen LogP contribution in [0.4, 0.5) is 13.2 Å². The van der Waals surface area contributed by atoms with Gasteiger partial charge in [-0.25, -0.2) is 4.98 Å². The molecule has 0 saturated heterocycles. The van der Waals surface area contributed by atoms with Gasteiger partial charge in [0, 0.05) is 44.7 Å². The maximum absolute atomic E-state index is 12.8. The Morgan fingerprint density at radius 2 is 2.19 bits per heavy atom. The summed E-state index contributed by atoms with van der Waals surface area (Å²) in [6, 6.07) is 1.63. The quantitative estimate of drug-likeness (QED) is 0.828. The van der Waals surface area contributed by atoms with Gasteiger partial charge in [0.05, 0.1) is 0 Å². The second-order valence-electron chi connectivity index (χ2n) is 7.05. The Labute approximate surface area is 149 Å². The number of hydrogen-bond acceptors (Lipinski definition) is 4. The van der Waals surface area contributed by atoms with Gasteiger partial charge in [0.1, 0.15) is 11.6 Å². The fourth-order valence-electron chi connectivity index (χ4n) is 3.13. The molecule has 0 aliphatic carbocycles. The summed E-state index contributed by atoms with van der Waals surface area (Å²) in [5, 5.41) is 3.81. The average molecular weight is 370 g/mol. The zero-order valence-corrected chi connectivity index (χ0v) is 14.9. The number of imidazole rings is 1. The number of amides is 1. The van der Waals surface area contributed by atoms with Crippen LogP contribution in [-0.4, -0.2) is 39.1 Å². The van der Waals surface area contributed by atoms with Crippen LogP contribution >= 0.6 is 0 Å². The average Bonchev–Trinajstić information content (AvgIpc) is 3.20. The van der Waals surface area contributed by atoms with Crippen molar-refractivity contribution >= 4 is 5.91 Å². The second-order valence-corrected chi connectivity index (χ2v) is 7.05. The summed E-state index contributed by atoms with van der Waals surface area (Å²) in [4.78, 5) is 17.7. The third-order valence-electron chi connectivity index (χ3n) is 4.58. The van der Waals surface area contributed by atoms with E-state index >= 15 is 0 Å². The number of aryl methyl sites for hydroxylation is 1. The van der Waals surface area contributed by atoms with Gasteiger partial charge in [0.15, 0.2) is 11.4 Å². The minimum atomic E-state index is -4.44. The Morgan fingerprint density at radius 3 is 2.81 bits per heavy atom. The van der Waals surface area contributed by atoms with Crippen molar-refractivity contribution in [3.05, 3.63) is 35.2 Å². The number of halogens is 3. The molecule has 1 amide bonds. The molecule has 6 nitrogen and oxygen atoms in total. The Kier molecular flexibility index (Phi) is 4.81. The summed E-state index contributed by atoms with van der Waals surface area (Å²) in [6.07, 6.45) is -2.24. The fourth-order valence-corrected chi connectivity index (χ4v) is 3.13. The lowest BCUT2D eigenvalue weighted by atomic mass is 9.99.